The van der Waals surface area contributed by atoms with Crippen molar-refractivity contribution in [3.8, 4) is 5.88 Å². The summed E-state index contributed by atoms with van der Waals surface area (Å²) in [6.07, 6.45) is 3.12. The van der Waals surface area contributed by atoms with Crippen LogP contribution in [0.25, 0.3) is 0 Å². The van der Waals surface area contributed by atoms with Crippen LogP contribution in [0.3, 0.4) is 0 Å². The molecular formula is C9H11N3O3S. The van der Waals surface area contributed by atoms with Crippen LogP contribution >= 0.6 is 0 Å². The third kappa shape index (κ3) is 2.48. The molecular weight excluding hydrogens is 230 g/mol. The molecule has 86 valence electrons. The summed E-state index contributed by atoms with van der Waals surface area (Å²) in [5, 5.41) is 4.10. The summed E-state index contributed by atoms with van der Waals surface area (Å²) < 4.78 is 27.3. The Kier molecular flexibility index (Phi) is 2.78. The second-order valence-electron chi connectivity index (χ2n) is 3.33. The number of hydrogen-bond acceptors (Lipinski definition) is 6. The van der Waals surface area contributed by atoms with Crippen LogP contribution in [0.2, 0.25) is 0 Å². The molecule has 16 heavy (non-hydrogen) atoms. The summed E-state index contributed by atoms with van der Waals surface area (Å²) in [5.41, 5.74) is 0. The molecule has 0 radical (unpaired) electrons. The Labute approximate surface area is 93.3 Å². The fourth-order valence-corrected chi connectivity index (χ4v) is 2.59. The normalized spacial score (nSPS) is 21.9. The van der Waals surface area contributed by atoms with Crippen molar-refractivity contribution < 1.29 is 13.2 Å². The summed E-state index contributed by atoms with van der Waals surface area (Å²) in [7, 11) is -1.56. The minimum Gasteiger partial charge on any atom is -0.481 e. The van der Waals surface area contributed by atoms with Gasteiger partial charge in [-0.1, -0.05) is 0 Å². The number of nitrogens with one attached hydrogen (secondary N) is 1. The summed E-state index contributed by atoms with van der Waals surface area (Å²) in [6.45, 7) is 0. The second-order valence-corrected chi connectivity index (χ2v) is 5.26. The van der Waals surface area contributed by atoms with E-state index in [1.165, 1.54) is 12.5 Å². The fourth-order valence-electron chi connectivity index (χ4n) is 1.36. The lowest BCUT2D eigenvalue weighted by molar-refractivity contribution is 0.397. The summed E-state index contributed by atoms with van der Waals surface area (Å²) in [4.78, 5) is 8.00. The van der Waals surface area contributed by atoms with Crippen LogP contribution in [0.4, 0.5) is 5.95 Å². The van der Waals surface area contributed by atoms with Gasteiger partial charge in [-0.05, 0) is 6.08 Å². The third-order valence-electron chi connectivity index (χ3n) is 2.08. The molecule has 1 atom stereocenters. The van der Waals surface area contributed by atoms with Crippen LogP contribution in [-0.4, -0.2) is 37.3 Å². The van der Waals surface area contributed by atoms with Crippen molar-refractivity contribution in [1.29, 1.82) is 0 Å². The van der Waals surface area contributed by atoms with E-state index in [0.29, 0.717) is 11.8 Å². The standard InChI is InChI=1S/C9H11N3O3S/c1-15-8-2-4-10-9(12-8)11-7-3-5-16(13,14)6-7/h2-5,7H,6H2,1H3,(H,10,11,12). The number of nitrogens with zero attached hydrogens (tertiary/aromatic N) is 2. The number of anilines is 1. The number of hydrogen-bond donors (Lipinski definition) is 1. The second kappa shape index (κ2) is 4.09. The Hall–Kier alpha value is -1.63. The molecule has 1 aromatic rings. The van der Waals surface area contributed by atoms with Gasteiger partial charge in [-0.25, -0.2) is 13.4 Å². The van der Waals surface area contributed by atoms with Crippen molar-refractivity contribution in [2.45, 2.75) is 6.04 Å². The highest BCUT2D eigenvalue weighted by Crippen LogP contribution is 2.13. The first-order valence-electron chi connectivity index (χ1n) is 4.63. The van der Waals surface area contributed by atoms with Gasteiger partial charge in [0.25, 0.3) is 0 Å². The van der Waals surface area contributed by atoms with Gasteiger partial charge in [-0.2, -0.15) is 4.98 Å². The first kappa shape index (κ1) is 10.9. The first-order chi connectivity index (χ1) is 7.59. The molecule has 0 aliphatic carbocycles. The molecule has 2 rings (SSSR count). The van der Waals surface area contributed by atoms with Gasteiger partial charge >= 0.3 is 0 Å². The maximum Gasteiger partial charge on any atom is 0.226 e. The SMILES string of the molecule is COc1ccnc(NC2C=CS(=O)(=O)C2)n1. The molecule has 7 heteroatoms. The lowest BCUT2D eigenvalue weighted by Crippen LogP contribution is -2.22. The van der Waals surface area contributed by atoms with Gasteiger partial charge < -0.3 is 10.1 Å². The number of ether oxygens (including phenoxy) is 1. The maximum absolute atomic E-state index is 11.2. The molecule has 0 saturated carbocycles. The van der Waals surface area contributed by atoms with E-state index in [4.69, 9.17) is 4.74 Å². The zero-order valence-corrected chi connectivity index (χ0v) is 9.44. The Morgan fingerprint density at radius 3 is 3.00 bits per heavy atom. The number of sulfone groups is 1. The molecule has 0 bridgehead atoms. The molecule has 0 saturated heterocycles. The van der Waals surface area contributed by atoms with Gasteiger partial charge in [0.05, 0.1) is 18.9 Å². The zero-order chi connectivity index (χ0) is 11.6. The predicted molar refractivity (Wildman–Crippen MR) is 58.9 cm³/mol. The van der Waals surface area contributed by atoms with Crippen molar-refractivity contribution in [2.75, 3.05) is 18.2 Å². The van der Waals surface area contributed by atoms with Crippen LogP contribution in [0.15, 0.2) is 23.7 Å². The molecule has 0 aromatic carbocycles. The number of aromatic nitrogens is 2. The van der Waals surface area contributed by atoms with E-state index in [1.807, 2.05) is 0 Å². The number of rotatable bonds is 3. The smallest absolute Gasteiger partial charge is 0.226 e. The molecule has 1 aliphatic rings. The van der Waals surface area contributed by atoms with Crippen LogP contribution < -0.4 is 10.1 Å². The fraction of sp³-hybridized carbons (Fsp3) is 0.333. The summed E-state index contributed by atoms with van der Waals surface area (Å²) in [5.74, 6) is 0.821. The van der Waals surface area contributed by atoms with Crippen LogP contribution in [0.5, 0.6) is 5.88 Å². The monoisotopic (exact) mass is 241 g/mol. The van der Waals surface area contributed by atoms with Crippen LogP contribution in [-0.2, 0) is 9.84 Å². The van der Waals surface area contributed by atoms with E-state index in [2.05, 4.69) is 15.3 Å². The highest BCUT2D eigenvalue weighted by molar-refractivity contribution is 7.94. The molecule has 0 amide bonds. The van der Waals surface area contributed by atoms with Crippen molar-refractivity contribution in [2.24, 2.45) is 0 Å². The molecule has 0 fully saturated rings. The minimum atomic E-state index is -3.06. The summed E-state index contributed by atoms with van der Waals surface area (Å²) in [6, 6.07) is 1.34. The largest absolute Gasteiger partial charge is 0.481 e. The Balaban J connectivity index is 2.08. The molecule has 6 nitrogen and oxygen atoms in total. The highest BCUT2D eigenvalue weighted by atomic mass is 32.2. The average Bonchev–Trinajstić information content (AvgIpc) is 2.58. The Morgan fingerprint density at radius 1 is 1.56 bits per heavy atom. The quantitative estimate of drug-likeness (QED) is 0.814. The highest BCUT2D eigenvalue weighted by Gasteiger charge is 2.22. The Morgan fingerprint density at radius 2 is 2.38 bits per heavy atom. The van der Waals surface area contributed by atoms with Crippen molar-refractivity contribution in [1.82, 2.24) is 9.97 Å². The molecule has 0 spiro atoms. The van der Waals surface area contributed by atoms with Gasteiger partial charge in [-0.3, -0.25) is 0 Å². The van der Waals surface area contributed by atoms with Gasteiger partial charge in [0.1, 0.15) is 0 Å². The van der Waals surface area contributed by atoms with E-state index in [9.17, 15) is 8.42 Å². The van der Waals surface area contributed by atoms with Gasteiger partial charge in [-0.15, -0.1) is 0 Å². The van der Waals surface area contributed by atoms with E-state index < -0.39 is 9.84 Å². The summed E-state index contributed by atoms with van der Waals surface area (Å²) >= 11 is 0. The molecule has 1 aromatic heterocycles. The molecule has 1 unspecified atom stereocenters. The minimum absolute atomic E-state index is 0.0353. The van der Waals surface area contributed by atoms with Gasteiger partial charge in [0.2, 0.25) is 11.8 Å². The average molecular weight is 241 g/mol. The van der Waals surface area contributed by atoms with Crippen molar-refractivity contribution in [3.63, 3.8) is 0 Å². The zero-order valence-electron chi connectivity index (χ0n) is 8.62. The van der Waals surface area contributed by atoms with Crippen molar-refractivity contribution in [3.05, 3.63) is 23.7 Å². The van der Waals surface area contributed by atoms with E-state index >= 15 is 0 Å². The van der Waals surface area contributed by atoms with E-state index in [1.54, 1.807) is 18.3 Å². The van der Waals surface area contributed by atoms with E-state index in [-0.39, 0.29) is 11.8 Å². The van der Waals surface area contributed by atoms with Gasteiger partial charge in [0.15, 0.2) is 9.84 Å². The van der Waals surface area contributed by atoms with Crippen molar-refractivity contribution >= 4 is 15.8 Å². The van der Waals surface area contributed by atoms with Gasteiger partial charge in [0, 0.05) is 17.7 Å². The topological polar surface area (TPSA) is 81.2 Å². The first-order valence-corrected chi connectivity index (χ1v) is 6.35. The Bertz CT molecular complexity index is 512. The third-order valence-corrected chi connectivity index (χ3v) is 3.48. The predicted octanol–water partition coefficient (Wildman–Crippen LogP) is 0.208. The lowest BCUT2D eigenvalue weighted by atomic mass is 10.3. The van der Waals surface area contributed by atoms with E-state index in [0.717, 1.165) is 0 Å². The molecule has 2 heterocycles. The maximum atomic E-state index is 11.2. The lowest BCUT2D eigenvalue weighted by Gasteiger charge is -2.09. The molecule has 1 N–H and O–H groups in total. The molecule has 1 aliphatic heterocycles. The van der Waals surface area contributed by atoms with Crippen LogP contribution in [0, 0.1) is 0 Å². The number of methoxy groups -OCH3 is 1. The van der Waals surface area contributed by atoms with Crippen LogP contribution in [0.1, 0.15) is 0 Å².